The molecule has 0 spiro atoms. The van der Waals surface area contributed by atoms with Gasteiger partial charge in [0.05, 0.1) is 0 Å². The SMILES string of the molecule is CCC(CCN)N1CCC(NC(C)=O)CC1. The van der Waals surface area contributed by atoms with Gasteiger partial charge in [-0.25, -0.2) is 0 Å². The Bertz CT molecular complexity index is 212. The minimum atomic E-state index is 0.0902. The summed E-state index contributed by atoms with van der Waals surface area (Å²) in [5, 5.41) is 3.00. The predicted molar refractivity (Wildman–Crippen MR) is 66.2 cm³/mol. The third-order valence-corrected chi connectivity index (χ3v) is 3.42. The van der Waals surface area contributed by atoms with Gasteiger partial charge in [0, 0.05) is 32.1 Å². The van der Waals surface area contributed by atoms with Gasteiger partial charge >= 0.3 is 0 Å². The molecular formula is C12H25N3O. The van der Waals surface area contributed by atoms with Gasteiger partial charge in [-0.3, -0.25) is 4.79 Å². The molecule has 1 unspecified atom stereocenters. The van der Waals surface area contributed by atoms with Crippen molar-refractivity contribution >= 4 is 5.91 Å². The molecule has 0 radical (unpaired) electrons. The summed E-state index contributed by atoms with van der Waals surface area (Å²) in [6.45, 7) is 6.76. The van der Waals surface area contributed by atoms with E-state index in [4.69, 9.17) is 5.73 Å². The first kappa shape index (κ1) is 13.5. The summed E-state index contributed by atoms with van der Waals surface area (Å²) in [5.41, 5.74) is 5.62. The zero-order valence-electron chi connectivity index (χ0n) is 10.5. The van der Waals surface area contributed by atoms with Crippen molar-refractivity contribution in [3.8, 4) is 0 Å². The molecule has 1 rings (SSSR count). The van der Waals surface area contributed by atoms with Crippen molar-refractivity contribution in [2.45, 2.75) is 51.6 Å². The number of hydrogen-bond donors (Lipinski definition) is 2. The minimum Gasteiger partial charge on any atom is -0.354 e. The molecule has 0 bridgehead atoms. The third kappa shape index (κ3) is 4.10. The van der Waals surface area contributed by atoms with Crippen LogP contribution in [0.25, 0.3) is 0 Å². The van der Waals surface area contributed by atoms with Gasteiger partial charge in [0.25, 0.3) is 0 Å². The number of nitrogens with one attached hydrogen (secondary N) is 1. The molecule has 1 aliphatic rings. The smallest absolute Gasteiger partial charge is 0.217 e. The van der Waals surface area contributed by atoms with Crippen LogP contribution < -0.4 is 11.1 Å². The summed E-state index contributed by atoms with van der Waals surface area (Å²) in [6, 6.07) is 1.01. The monoisotopic (exact) mass is 227 g/mol. The molecule has 16 heavy (non-hydrogen) atoms. The Morgan fingerprint density at radius 1 is 1.50 bits per heavy atom. The molecule has 1 saturated heterocycles. The highest BCUT2D eigenvalue weighted by molar-refractivity contribution is 5.73. The number of rotatable bonds is 5. The molecule has 4 heteroatoms. The van der Waals surface area contributed by atoms with E-state index >= 15 is 0 Å². The second-order valence-electron chi connectivity index (χ2n) is 4.65. The molecule has 4 nitrogen and oxygen atoms in total. The highest BCUT2D eigenvalue weighted by Gasteiger charge is 2.23. The number of likely N-dealkylation sites (tertiary alicyclic amines) is 1. The summed E-state index contributed by atoms with van der Waals surface area (Å²) in [6.07, 6.45) is 4.39. The van der Waals surface area contributed by atoms with Crippen molar-refractivity contribution in [1.29, 1.82) is 0 Å². The first-order chi connectivity index (χ1) is 7.67. The van der Waals surface area contributed by atoms with E-state index in [1.807, 2.05) is 0 Å². The van der Waals surface area contributed by atoms with Crippen LogP contribution in [-0.2, 0) is 4.79 Å². The highest BCUT2D eigenvalue weighted by Crippen LogP contribution is 2.16. The predicted octanol–water partition coefficient (Wildman–Crippen LogP) is 0.714. The number of nitrogens with two attached hydrogens (primary N) is 1. The third-order valence-electron chi connectivity index (χ3n) is 3.42. The molecule has 0 aliphatic carbocycles. The van der Waals surface area contributed by atoms with E-state index in [1.165, 1.54) is 6.42 Å². The van der Waals surface area contributed by atoms with E-state index < -0.39 is 0 Å². The van der Waals surface area contributed by atoms with E-state index in [9.17, 15) is 4.79 Å². The second kappa shape index (κ2) is 6.86. The van der Waals surface area contributed by atoms with E-state index in [0.717, 1.165) is 38.9 Å². The Morgan fingerprint density at radius 2 is 2.12 bits per heavy atom. The molecule has 0 saturated carbocycles. The van der Waals surface area contributed by atoms with E-state index in [1.54, 1.807) is 6.92 Å². The molecule has 0 aromatic carbocycles. The van der Waals surface area contributed by atoms with Gasteiger partial charge in [-0.05, 0) is 32.2 Å². The van der Waals surface area contributed by atoms with Gasteiger partial charge in [0.15, 0.2) is 0 Å². The number of amides is 1. The average Bonchev–Trinajstić information content (AvgIpc) is 2.26. The zero-order chi connectivity index (χ0) is 12.0. The number of piperidine rings is 1. The number of nitrogens with zero attached hydrogens (tertiary/aromatic N) is 1. The lowest BCUT2D eigenvalue weighted by Gasteiger charge is -2.37. The van der Waals surface area contributed by atoms with Crippen molar-refractivity contribution in [3.63, 3.8) is 0 Å². The van der Waals surface area contributed by atoms with Gasteiger partial charge in [-0.15, -0.1) is 0 Å². The van der Waals surface area contributed by atoms with Crippen LogP contribution in [0.4, 0.5) is 0 Å². The topological polar surface area (TPSA) is 58.4 Å². The molecule has 0 aromatic heterocycles. The number of hydrogen-bond acceptors (Lipinski definition) is 3. The molecule has 1 atom stereocenters. The van der Waals surface area contributed by atoms with Crippen molar-refractivity contribution in [2.75, 3.05) is 19.6 Å². The fourth-order valence-corrected chi connectivity index (χ4v) is 2.53. The molecule has 94 valence electrons. The molecular weight excluding hydrogens is 202 g/mol. The fourth-order valence-electron chi connectivity index (χ4n) is 2.53. The number of carbonyl (C=O) groups is 1. The van der Waals surface area contributed by atoms with E-state index in [0.29, 0.717) is 12.1 Å². The lowest BCUT2D eigenvalue weighted by Crippen LogP contribution is -2.47. The standard InChI is InChI=1S/C12H25N3O/c1-3-12(4-7-13)15-8-5-11(6-9-15)14-10(2)16/h11-12H,3-9,13H2,1-2H3,(H,14,16). The van der Waals surface area contributed by atoms with E-state index in [2.05, 4.69) is 17.1 Å². The summed E-state index contributed by atoms with van der Waals surface area (Å²) >= 11 is 0. The molecule has 1 fully saturated rings. The van der Waals surface area contributed by atoms with Crippen LogP contribution in [0.1, 0.15) is 39.5 Å². The Labute approximate surface area is 98.6 Å². The largest absolute Gasteiger partial charge is 0.354 e. The summed E-state index contributed by atoms with van der Waals surface area (Å²) in [4.78, 5) is 13.5. The fraction of sp³-hybridized carbons (Fsp3) is 0.917. The van der Waals surface area contributed by atoms with Crippen molar-refractivity contribution < 1.29 is 4.79 Å². The molecule has 3 N–H and O–H groups in total. The van der Waals surface area contributed by atoms with Crippen LogP contribution in [0, 0.1) is 0 Å². The van der Waals surface area contributed by atoms with E-state index in [-0.39, 0.29) is 5.91 Å². The maximum Gasteiger partial charge on any atom is 0.217 e. The second-order valence-corrected chi connectivity index (χ2v) is 4.65. The summed E-state index contributed by atoms with van der Waals surface area (Å²) < 4.78 is 0. The molecule has 1 aliphatic heterocycles. The van der Waals surface area contributed by atoms with Crippen molar-refractivity contribution in [3.05, 3.63) is 0 Å². The van der Waals surface area contributed by atoms with Gasteiger partial charge in [0.2, 0.25) is 5.91 Å². The normalized spacial score (nSPS) is 20.7. The highest BCUT2D eigenvalue weighted by atomic mass is 16.1. The van der Waals surface area contributed by atoms with Gasteiger partial charge in [-0.2, -0.15) is 0 Å². The summed E-state index contributed by atoms with van der Waals surface area (Å²) in [7, 11) is 0. The lowest BCUT2D eigenvalue weighted by molar-refractivity contribution is -0.120. The summed E-state index contributed by atoms with van der Waals surface area (Å²) in [5.74, 6) is 0.0902. The zero-order valence-corrected chi connectivity index (χ0v) is 10.5. The average molecular weight is 227 g/mol. The van der Waals surface area contributed by atoms with Gasteiger partial charge < -0.3 is 16.0 Å². The Kier molecular flexibility index (Phi) is 5.77. The lowest BCUT2D eigenvalue weighted by atomic mass is 10.0. The first-order valence-electron chi connectivity index (χ1n) is 6.38. The minimum absolute atomic E-state index is 0.0902. The van der Waals surface area contributed by atoms with Crippen LogP contribution in [0.3, 0.4) is 0 Å². The van der Waals surface area contributed by atoms with Crippen LogP contribution in [0.15, 0.2) is 0 Å². The molecule has 1 heterocycles. The first-order valence-corrected chi connectivity index (χ1v) is 6.38. The van der Waals surface area contributed by atoms with Gasteiger partial charge in [-0.1, -0.05) is 6.92 Å². The Balaban J connectivity index is 2.32. The van der Waals surface area contributed by atoms with Crippen LogP contribution in [0.2, 0.25) is 0 Å². The Morgan fingerprint density at radius 3 is 2.56 bits per heavy atom. The van der Waals surface area contributed by atoms with Gasteiger partial charge in [0.1, 0.15) is 0 Å². The maximum absolute atomic E-state index is 10.9. The molecule has 0 aromatic rings. The van der Waals surface area contributed by atoms with Crippen LogP contribution in [-0.4, -0.2) is 42.5 Å². The van der Waals surface area contributed by atoms with Crippen LogP contribution >= 0.6 is 0 Å². The van der Waals surface area contributed by atoms with Crippen molar-refractivity contribution in [1.82, 2.24) is 10.2 Å². The maximum atomic E-state index is 10.9. The number of carbonyl (C=O) groups excluding carboxylic acids is 1. The van der Waals surface area contributed by atoms with Crippen LogP contribution in [0.5, 0.6) is 0 Å². The Hall–Kier alpha value is -0.610. The van der Waals surface area contributed by atoms with Crippen molar-refractivity contribution in [2.24, 2.45) is 5.73 Å². The molecule has 1 amide bonds. The quantitative estimate of drug-likeness (QED) is 0.727.